The third-order valence-corrected chi connectivity index (χ3v) is 9.45. The number of carbonyl (C=O) groups excluding carboxylic acids is 2. The summed E-state index contributed by atoms with van der Waals surface area (Å²) in [6.07, 6.45) is 7.47. The quantitative estimate of drug-likeness (QED) is 0.274. The van der Waals surface area contributed by atoms with Crippen LogP contribution in [0.2, 0.25) is 0 Å². The van der Waals surface area contributed by atoms with Gasteiger partial charge in [-0.05, 0) is 66.4 Å². The summed E-state index contributed by atoms with van der Waals surface area (Å²) in [5.74, 6) is 1.24. The van der Waals surface area contributed by atoms with E-state index in [1.807, 2.05) is 53.2 Å². The molecule has 244 valence electrons. The molecule has 3 saturated heterocycles. The number of hydrogen-bond donors (Lipinski definition) is 1. The Morgan fingerprint density at radius 2 is 1.77 bits per heavy atom. The number of rotatable bonds is 7. The summed E-state index contributed by atoms with van der Waals surface area (Å²) in [5, 5.41) is 7.41. The van der Waals surface area contributed by atoms with Gasteiger partial charge < -0.3 is 9.80 Å². The van der Waals surface area contributed by atoms with E-state index in [-0.39, 0.29) is 24.2 Å². The molecule has 48 heavy (non-hydrogen) atoms. The molecule has 3 aliphatic heterocycles. The predicted molar refractivity (Wildman–Crippen MR) is 179 cm³/mol. The average molecular weight is 647 g/mol. The smallest absolute Gasteiger partial charge is 0.328 e. The molecule has 0 spiro atoms. The SMILES string of the molecule is O=C1CCN(c2cnccc2CN2CCN(c3cccc(-c4cnc5ccc(N6CCC[C@@H]6c6cccc(F)c6)nn45)n3)CC2)C(=O)N1. The fourth-order valence-electron chi connectivity index (χ4n) is 7.00. The highest BCUT2D eigenvalue weighted by molar-refractivity contribution is 6.05. The maximum absolute atomic E-state index is 14.0. The Hall–Kier alpha value is -5.43. The van der Waals surface area contributed by atoms with Crippen molar-refractivity contribution in [3.63, 3.8) is 0 Å². The van der Waals surface area contributed by atoms with Crippen LogP contribution >= 0.6 is 0 Å². The normalized spacial score (nSPS) is 18.9. The minimum atomic E-state index is -0.405. The topological polar surface area (TPSA) is 115 Å². The number of aromatic nitrogens is 5. The van der Waals surface area contributed by atoms with Crippen LogP contribution in [0.5, 0.6) is 0 Å². The molecule has 1 atom stereocenters. The number of amides is 3. The van der Waals surface area contributed by atoms with Gasteiger partial charge in [0.15, 0.2) is 5.65 Å². The van der Waals surface area contributed by atoms with Gasteiger partial charge in [0.05, 0.1) is 29.8 Å². The van der Waals surface area contributed by atoms with Crippen LogP contribution in [0.3, 0.4) is 0 Å². The molecule has 12 nitrogen and oxygen atoms in total. The third-order valence-electron chi connectivity index (χ3n) is 9.45. The van der Waals surface area contributed by atoms with Gasteiger partial charge in [-0.15, -0.1) is 5.10 Å². The lowest BCUT2D eigenvalue weighted by molar-refractivity contribution is -0.120. The largest absolute Gasteiger partial charge is 0.354 e. The highest BCUT2D eigenvalue weighted by atomic mass is 19.1. The first-order valence-corrected chi connectivity index (χ1v) is 16.4. The first kappa shape index (κ1) is 29.9. The van der Waals surface area contributed by atoms with Crippen LogP contribution in [0.25, 0.3) is 17.0 Å². The molecule has 1 N–H and O–H groups in total. The number of nitrogens with one attached hydrogen (secondary N) is 1. The van der Waals surface area contributed by atoms with Crippen LogP contribution in [0, 0.1) is 5.82 Å². The molecule has 0 unspecified atom stereocenters. The molecule has 3 aliphatic rings. The van der Waals surface area contributed by atoms with Crippen molar-refractivity contribution in [2.75, 3.05) is 54.0 Å². The van der Waals surface area contributed by atoms with Crippen molar-refractivity contribution < 1.29 is 14.0 Å². The van der Waals surface area contributed by atoms with Crippen molar-refractivity contribution in [3.8, 4) is 11.4 Å². The second-order valence-corrected chi connectivity index (χ2v) is 12.4. The van der Waals surface area contributed by atoms with Gasteiger partial charge in [0.1, 0.15) is 23.1 Å². The lowest BCUT2D eigenvalue weighted by Crippen LogP contribution is -2.50. The van der Waals surface area contributed by atoms with Gasteiger partial charge in [-0.3, -0.25) is 24.9 Å². The zero-order valence-corrected chi connectivity index (χ0v) is 26.4. The minimum absolute atomic E-state index is 0.0674. The summed E-state index contributed by atoms with van der Waals surface area (Å²) in [6, 6.07) is 18.5. The molecule has 0 saturated carbocycles. The standard InChI is InChI=1S/C35H35FN10O2/c36-26-5-1-4-24(20-26)28-7-3-14-44(28)33-10-9-31-38-22-30(46(31)41-33)27-6-2-8-32(39-27)43-18-16-42(17-19-43)23-25-11-13-37-21-29(25)45-15-12-34(47)40-35(45)48/h1-2,4-6,8-11,13,20-22,28H,3,7,12,14-19,23H2,(H,40,47,48)/t28-/m1/s1. The van der Waals surface area contributed by atoms with E-state index in [4.69, 9.17) is 10.1 Å². The van der Waals surface area contributed by atoms with Gasteiger partial charge >= 0.3 is 6.03 Å². The molecule has 1 aromatic carbocycles. The van der Waals surface area contributed by atoms with E-state index in [0.29, 0.717) is 13.1 Å². The maximum Gasteiger partial charge on any atom is 0.328 e. The van der Waals surface area contributed by atoms with E-state index in [1.165, 1.54) is 6.07 Å². The zero-order chi connectivity index (χ0) is 32.6. The number of nitrogens with zero attached hydrogens (tertiary/aromatic N) is 9. The monoisotopic (exact) mass is 646 g/mol. The predicted octanol–water partition coefficient (Wildman–Crippen LogP) is 4.44. The fraction of sp³-hybridized carbons (Fsp3) is 0.314. The third kappa shape index (κ3) is 5.81. The van der Waals surface area contributed by atoms with Crippen molar-refractivity contribution in [3.05, 3.63) is 96.2 Å². The molecular formula is C35H35FN10O2. The van der Waals surface area contributed by atoms with Gasteiger partial charge in [0.25, 0.3) is 0 Å². The number of carbonyl (C=O) groups is 2. The summed E-state index contributed by atoms with van der Waals surface area (Å²) < 4.78 is 15.9. The number of anilines is 3. The molecule has 13 heteroatoms. The van der Waals surface area contributed by atoms with E-state index in [1.54, 1.807) is 29.4 Å². The Morgan fingerprint density at radius 1 is 0.896 bits per heavy atom. The van der Waals surface area contributed by atoms with E-state index < -0.39 is 6.03 Å². The number of urea groups is 1. The Labute approximate surface area is 276 Å². The summed E-state index contributed by atoms with van der Waals surface area (Å²) >= 11 is 0. The first-order valence-electron chi connectivity index (χ1n) is 16.4. The number of benzene rings is 1. The second kappa shape index (κ2) is 12.6. The number of imidazole rings is 1. The Balaban J connectivity index is 0.972. The van der Waals surface area contributed by atoms with Crippen LogP contribution < -0.4 is 20.0 Å². The van der Waals surface area contributed by atoms with Crippen molar-refractivity contribution >= 4 is 34.9 Å². The molecular weight excluding hydrogens is 611 g/mol. The van der Waals surface area contributed by atoms with Crippen molar-refractivity contribution in [1.82, 2.24) is 34.8 Å². The molecule has 0 radical (unpaired) electrons. The lowest BCUT2D eigenvalue weighted by atomic mass is 10.0. The molecule has 7 heterocycles. The summed E-state index contributed by atoms with van der Waals surface area (Å²) in [6.45, 7) is 5.09. The van der Waals surface area contributed by atoms with Gasteiger partial charge in [-0.1, -0.05) is 18.2 Å². The minimum Gasteiger partial charge on any atom is -0.354 e. The zero-order valence-electron chi connectivity index (χ0n) is 26.4. The van der Waals surface area contributed by atoms with Gasteiger partial charge in [0, 0.05) is 58.4 Å². The lowest BCUT2D eigenvalue weighted by Gasteiger charge is -2.36. The maximum atomic E-state index is 14.0. The number of piperazine rings is 1. The van der Waals surface area contributed by atoms with E-state index in [9.17, 15) is 14.0 Å². The molecule has 3 fully saturated rings. The Bertz CT molecular complexity index is 1990. The van der Waals surface area contributed by atoms with Crippen LogP contribution in [-0.4, -0.2) is 80.7 Å². The molecule has 4 aromatic heterocycles. The van der Waals surface area contributed by atoms with Gasteiger partial charge in [-0.2, -0.15) is 0 Å². The van der Waals surface area contributed by atoms with E-state index in [0.717, 1.165) is 91.1 Å². The Morgan fingerprint density at radius 3 is 2.62 bits per heavy atom. The average Bonchev–Trinajstić information content (AvgIpc) is 3.77. The molecule has 5 aromatic rings. The summed E-state index contributed by atoms with van der Waals surface area (Å²) in [7, 11) is 0. The molecule has 0 bridgehead atoms. The van der Waals surface area contributed by atoms with Gasteiger partial charge in [0.2, 0.25) is 5.91 Å². The van der Waals surface area contributed by atoms with Crippen molar-refractivity contribution in [1.29, 1.82) is 0 Å². The number of imide groups is 1. The summed E-state index contributed by atoms with van der Waals surface area (Å²) in [5.41, 5.74) is 5.03. The van der Waals surface area contributed by atoms with Crippen LogP contribution in [0.4, 0.5) is 26.5 Å². The van der Waals surface area contributed by atoms with Crippen LogP contribution in [0.15, 0.2) is 79.3 Å². The van der Waals surface area contributed by atoms with E-state index >= 15 is 0 Å². The second-order valence-electron chi connectivity index (χ2n) is 12.4. The molecule has 8 rings (SSSR count). The van der Waals surface area contributed by atoms with Crippen LogP contribution in [-0.2, 0) is 11.3 Å². The van der Waals surface area contributed by atoms with Gasteiger partial charge in [-0.25, -0.2) is 23.7 Å². The van der Waals surface area contributed by atoms with Crippen LogP contribution in [0.1, 0.15) is 36.4 Å². The Kier molecular flexibility index (Phi) is 7.88. The highest BCUT2D eigenvalue weighted by Gasteiger charge is 2.29. The molecule has 3 amide bonds. The number of hydrogen-bond acceptors (Lipinski definition) is 9. The summed E-state index contributed by atoms with van der Waals surface area (Å²) in [4.78, 5) is 46.6. The first-order chi connectivity index (χ1) is 23.5. The number of pyridine rings is 2. The van der Waals surface area contributed by atoms with E-state index in [2.05, 4.69) is 30.0 Å². The van der Waals surface area contributed by atoms with Crippen molar-refractivity contribution in [2.45, 2.75) is 31.8 Å². The fourth-order valence-corrected chi connectivity index (χ4v) is 7.00. The number of halogens is 1. The highest BCUT2D eigenvalue weighted by Crippen LogP contribution is 2.36. The van der Waals surface area contributed by atoms with Crippen molar-refractivity contribution in [2.24, 2.45) is 0 Å². The number of fused-ring (bicyclic) bond motifs is 1. The molecule has 0 aliphatic carbocycles.